The first kappa shape index (κ1) is 23.1. The molecule has 1 fully saturated rings. The van der Waals surface area contributed by atoms with Gasteiger partial charge in [-0.2, -0.15) is 4.31 Å². The predicted molar refractivity (Wildman–Crippen MR) is 130 cm³/mol. The lowest BCUT2D eigenvalue weighted by molar-refractivity contribution is 0.101. The molecular formula is C21H26N6O5S2. The van der Waals surface area contributed by atoms with E-state index in [-0.39, 0.29) is 18.3 Å². The Morgan fingerprint density at radius 2 is 2.09 bits per heavy atom. The molecule has 0 spiro atoms. The molecule has 0 radical (unpaired) electrons. The number of sulfonamides is 1. The molecule has 11 nitrogen and oxygen atoms in total. The maximum atomic E-state index is 13.2. The standard InChI is InChI=1S/C21H26N6O5S2/c28-15(13-32-18-4-1-3-16-20(18)25-21(29)24-16)11-22-14-6-9-26(10-7-14)34(30,31)19-5-2-8-27-17(19)12-23-33-27/h1-5,8,12,14-15,22-23,28H,6-7,9-11,13H2,(H2,24,25,29)/t15-/m0/s1. The predicted octanol–water partition coefficient (Wildman–Crippen LogP) is 0.701. The van der Waals surface area contributed by atoms with Gasteiger partial charge >= 0.3 is 5.69 Å². The van der Waals surface area contributed by atoms with E-state index in [0.717, 1.165) is 0 Å². The maximum Gasteiger partial charge on any atom is 0.323 e. The zero-order chi connectivity index (χ0) is 23.7. The third-order valence-corrected chi connectivity index (χ3v) is 8.65. The molecule has 182 valence electrons. The first-order valence-corrected chi connectivity index (χ1v) is 13.2. The summed E-state index contributed by atoms with van der Waals surface area (Å²) in [7, 11) is -3.59. The van der Waals surface area contributed by atoms with Crippen LogP contribution in [0.1, 0.15) is 12.8 Å². The van der Waals surface area contributed by atoms with Crippen molar-refractivity contribution in [2.75, 3.05) is 26.2 Å². The van der Waals surface area contributed by atoms with Gasteiger partial charge in [0.05, 0.1) is 23.3 Å². The van der Waals surface area contributed by atoms with Crippen molar-refractivity contribution >= 4 is 33.2 Å². The summed E-state index contributed by atoms with van der Waals surface area (Å²) < 4.78 is 38.4. The molecule has 0 amide bonds. The SMILES string of the molecule is O=c1[nH]c2cccc(OC[C@@H](O)CNC3CCN(S(=O)(=O)C4=CC=CN5SNC=C45)CC3)c2[nH]1. The van der Waals surface area contributed by atoms with Crippen LogP contribution in [0, 0.1) is 0 Å². The quantitative estimate of drug-likeness (QED) is 0.327. The van der Waals surface area contributed by atoms with Crippen molar-refractivity contribution in [3.63, 3.8) is 0 Å². The highest BCUT2D eigenvalue weighted by molar-refractivity contribution is 7.96. The van der Waals surface area contributed by atoms with Gasteiger partial charge in [0.2, 0.25) is 10.0 Å². The minimum Gasteiger partial charge on any atom is -0.489 e. The van der Waals surface area contributed by atoms with Crippen molar-refractivity contribution in [2.24, 2.45) is 0 Å². The van der Waals surface area contributed by atoms with Crippen LogP contribution in [0.4, 0.5) is 0 Å². The topological polar surface area (TPSA) is 143 Å². The minimum absolute atomic E-state index is 0.0614. The van der Waals surface area contributed by atoms with Crippen LogP contribution in [-0.4, -0.2) is 70.5 Å². The second kappa shape index (κ2) is 9.50. The first-order valence-electron chi connectivity index (χ1n) is 11.0. The molecule has 34 heavy (non-hydrogen) atoms. The minimum atomic E-state index is -3.59. The second-order valence-corrected chi connectivity index (χ2v) is 11.0. The fraction of sp³-hybridized carbons (Fsp3) is 0.381. The molecule has 0 bridgehead atoms. The number of para-hydroxylation sites is 1. The summed E-state index contributed by atoms with van der Waals surface area (Å²) in [6.07, 6.45) is 7.42. The lowest BCUT2D eigenvalue weighted by Gasteiger charge is -2.33. The number of nitrogens with zero attached hydrogens (tertiary/aromatic N) is 2. The van der Waals surface area contributed by atoms with E-state index in [0.29, 0.717) is 59.9 Å². The first-order chi connectivity index (χ1) is 16.4. The fourth-order valence-electron chi connectivity index (χ4n) is 4.19. The van der Waals surface area contributed by atoms with E-state index in [1.807, 2.05) is 6.20 Å². The van der Waals surface area contributed by atoms with E-state index >= 15 is 0 Å². The van der Waals surface area contributed by atoms with Crippen molar-refractivity contribution in [1.29, 1.82) is 0 Å². The molecule has 1 atom stereocenters. The molecule has 3 aliphatic rings. The van der Waals surface area contributed by atoms with Gasteiger partial charge in [0, 0.05) is 38.1 Å². The number of allylic oxidation sites excluding steroid dienone is 2. The number of aromatic amines is 2. The van der Waals surface area contributed by atoms with Gasteiger partial charge in [-0.15, -0.1) is 0 Å². The number of nitrogens with one attached hydrogen (secondary N) is 4. The number of imidazole rings is 1. The molecule has 1 aromatic heterocycles. The van der Waals surface area contributed by atoms with Gasteiger partial charge < -0.3 is 29.9 Å². The number of ether oxygens (including phenoxy) is 1. The fourth-order valence-corrected chi connectivity index (χ4v) is 6.55. The van der Waals surface area contributed by atoms with Crippen molar-refractivity contribution in [1.82, 2.24) is 28.6 Å². The Kier molecular flexibility index (Phi) is 6.44. The molecule has 2 aromatic rings. The number of hydrogen-bond acceptors (Lipinski definition) is 9. The van der Waals surface area contributed by atoms with Crippen LogP contribution in [0.15, 0.2) is 58.1 Å². The molecule has 3 aliphatic heterocycles. The Morgan fingerprint density at radius 1 is 1.26 bits per heavy atom. The Hall–Kier alpha value is -2.71. The van der Waals surface area contributed by atoms with Crippen LogP contribution in [0.25, 0.3) is 11.0 Å². The number of rotatable bonds is 8. The molecule has 1 aromatic carbocycles. The van der Waals surface area contributed by atoms with Gasteiger partial charge in [0.25, 0.3) is 0 Å². The molecule has 0 saturated carbocycles. The number of aliphatic hydroxyl groups excluding tert-OH is 1. The molecule has 5 N–H and O–H groups in total. The molecule has 4 heterocycles. The largest absolute Gasteiger partial charge is 0.489 e. The zero-order valence-corrected chi connectivity index (χ0v) is 19.9. The van der Waals surface area contributed by atoms with Crippen LogP contribution in [-0.2, 0) is 10.0 Å². The number of fused-ring (bicyclic) bond motifs is 2. The molecule has 0 aliphatic carbocycles. The van der Waals surface area contributed by atoms with Gasteiger partial charge in [0.1, 0.15) is 28.9 Å². The summed E-state index contributed by atoms with van der Waals surface area (Å²) in [5.41, 5.74) is 1.53. The van der Waals surface area contributed by atoms with Gasteiger partial charge in [-0.25, -0.2) is 13.2 Å². The van der Waals surface area contributed by atoms with E-state index in [9.17, 15) is 18.3 Å². The summed E-state index contributed by atoms with van der Waals surface area (Å²) in [5.74, 6) is 0.491. The molecule has 13 heteroatoms. The van der Waals surface area contributed by atoms with Gasteiger partial charge in [-0.05, 0) is 37.1 Å². The average Bonchev–Trinajstić information content (AvgIpc) is 3.47. The van der Waals surface area contributed by atoms with E-state index in [2.05, 4.69) is 20.0 Å². The number of H-pyrrole nitrogens is 2. The second-order valence-electron chi connectivity index (χ2n) is 8.25. The van der Waals surface area contributed by atoms with Crippen molar-refractivity contribution in [3.8, 4) is 5.75 Å². The number of piperidine rings is 1. The van der Waals surface area contributed by atoms with Crippen LogP contribution in [0.2, 0.25) is 0 Å². The maximum absolute atomic E-state index is 13.2. The summed E-state index contributed by atoms with van der Waals surface area (Å²) in [6, 6.07) is 5.37. The van der Waals surface area contributed by atoms with Crippen LogP contribution >= 0.6 is 12.1 Å². The van der Waals surface area contributed by atoms with Crippen LogP contribution in [0.5, 0.6) is 5.75 Å². The Labute approximate surface area is 200 Å². The van der Waals surface area contributed by atoms with Gasteiger partial charge in [-0.3, -0.25) is 4.31 Å². The monoisotopic (exact) mass is 506 g/mol. The highest BCUT2D eigenvalue weighted by atomic mass is 32.2. The third kappa shape index (κ3) is 4.61. The summed E-state index contributed by atoms with van der Waals surface area (Å²) in [6.45, 7) is 1.19. The average molecular weight is 507 g/mol. The summed E-state index contributed by atoms with van der Waals surface area (Å²) >= 11 is 1.33. The van der Waals surface area contributed by atoms with Crippen LogP contribution < -0.4 is 20.5 Å². The normalized spacial score (nSPS) is 20.1. The molecule has 1 saturated heterocycles. The zero-order valence-electron chi connectivity index (χ0n) is 18.2. The smallest absolute Gasteiger partial charge is 0.323 e. The van der Waals surface area contributed by atoms with E-state index < -0.39 is 16.1 Å². The van der Waals surface area contributed by atoms with Crippen molar-refractivity contribution < 1.29 is 18.3 Å². The van der Waals surface area contributed by atoms with E-state index in [1.165, 1.54) is 16.4 Å². The van der Waals surface area contributed by atoms with Crippen LogP contribution in [0.3, 0.4) is 0 Å². The number of benzene rings is 1. The van der Waals surface area contributed by atoms with Gasteiger partial charge in [0.15, 0.2) is 0 Å². The Morgan fingerprint density at radius 3 is 2.91 bits per heavy atom. The summed E-state index contributed by atoms with van der Waals surface area (Å²) in [4.78, 5) is 17.1. The van der Waals surface area contributed by atoms with E-state index in [1.54, 1.807) is 40.9 Å². The molecular weight excluding hydrogens is 480 g/mol. The van der Waals surface area contributed by atoms with Gasteiger partial charge in [-0.1, -0.05) is 6.07 Å². The highest BCUT2D eigenvalue weighted by Gasteiger charge is 2.36. The van der Waals surface area contributed by atoms with E-state index in [4.69, 9.17) is 4.74 Å². The molecule has 5 rings (SSSR count). The highest BCUT2D eigenvalue weighted by Crippen LogP contribution is 2.35. The third-order valence-electron chi connectivity index (χ3n) is 5.96. The van der Waals surface area contributed by atoms with Crippen molar-refractivity contribution in [2.45, 2.75) is 25.0 Å². The lowest BCUT2D eigenvalue weighted by atomic mass is 10.1. The summed E-state index contributed by atoms with van der Waals surface area (Å²) in [5, 5.41) is 13.7. The Balaban J connectivity index is 1.10. The Bertz CT molecular complexity index is 1310. The number of hydrogen-bond donors (Lipinski definition) is 5. The number of aromatic nitrogens is 2. The van der Waals surface area contributed by atoms with Crippen molar-refractivity contribution in [3.05, 3.63) is 63.8 Å². The number of aliphatic hydroxyl groups is 1. The molecule has 0 unspecified atom stereocenters. The lowest BCUT2D eigenvalue weighted by Crippen LogP contribution is -2.47.